The predicted molar refractivity (Wildman–Crippen MR) is 249 cm³/mol. The van der Waals surface area contributed by atoms with Gasteiger partial charge in [-0.3, -0.25) is 9.97 Å². The van der Waals surface area contributed by atoms with Gasteiger partial charge in [0.05, 0.1) is 11.0 Å². The smallest absolute Gasteiger partial charge is 0.0786 e. The van der Waals surface area contributed by atoms with Crippen LogP contribution in [0.5, 0.6) is 0 Å². The van der Waals surface area contributed by atoms with Crippen LogP contribution in [0.2, 0.25) is 0 Å². The molecule has 2 nitrogen and oxygen atoms in total. The van der Waals surface area contributed by atoms with Crippen molar-refractivity contribution in [2.45, 2.75) is 0 Å². The summed E-state index contributed by atoms with van der Waals surface area (Å²) in [5.74, 6) is 0. The van der Waals surface area contributed by atoms with Gasteiger partial charge >= 0.3 is 0 Å². The lowest BCUT2D eigenvalue weighted by atomic mass is 9.78. The highest BCUT2D eigenvalue weighted by molar-refractivity contribution is 7.26. The SMILES string of the molecule is c1cnc2c3c(ccc2c1)-c1cc(-c2cccc4c2sc2ccccc24)ccc1-c1c(ccc2cccnc12)-c1cc(-c2cccc4c2sc2ccccc24)ccc1-3. The molecule has 4 aromatic heterocycles. The molecule has 268 valence electrons. The van der Waals surface area contributed by atoms with Crippen LogP contribution in [0.1, 0.15) is 0 Å². The molecule has 0 spiro atoms. The average molecular weight is 771 g/mol. The molecule has 0 atom stereocenters. The maximum Gasteiger partial charge on any atom is 0.0786 e. The summed E-state index contributed by atoms with van der Waals surface area (Å²) >= 11 is 3.76. The Morgan fingerprint density at radius 1 is 0.310 bits per heavy atom. The molecule has 0 bridgehead atoms. The molecule has 1 aliphatic rings. The predicted octanol–water partition coefficient (Wildman–Crippen LogP) is 15.8. The second-order valence-corrected chi connectivity index (χ2v) is 17.3. The lowest BCUT2D eigenvalue weighted by Crippen LogP contribution is -2.01. The quantitative estimate of drug-likeness (QED) is 0.175. The number of fused-ring (bicyclic) bond motifs is 18. The molecular formula is C54H30N2S2. The Morgan fingerprint density at radius 2 is 0.759 bits per heavy atom. The van der Waals surface area contributed by atoms with Gasteiger partial charge in [-0.05, 0) is 92.0 Å². The van der Waals surface area contributed by atoms with Crippen LogP contribution in [0.15, 0.2) is 182 Å². The van der Waals surface area contributed by atoms with E-state index in [0.717, 1.165) is 32.9 Å². The number of rotatable bonds is 2. The Labute approximate surface area is 342 Å². The fourth-order valence-electron chi connectivity index (χ4n) is 9.54. The summed E-state index contributed by atoms with van der Waals surface area (Å²) in [6.07, 6.45) is 3.87. The maximum absolute atomic E-state index is 5.13. The molecule has 58 heavy (non-hydrogen) atoms. The largest absolute Gasteiger partial charge is 0.256 e. The van der Waals surface area contributed by atoms with E-state index in [9.17, 15) is 0 Å². The number of aromatic nitrogens is 2. The van der Waals surface area contributed by atoms with Crippen LogP contribution >= 0.6 is 22.7 Å². The van der Waals surface area contributed by atoms with Crippen LogP contribution in [0, 0.1) is 0 Å². The van der Waals surface area contributed by atoms with Crippen LogP contribution in [-0.4, -0.2) is 9.97 Å². The summed E-state index contributed by atoms with van der Waals surface area (Å²) in [5.41, 5.74) is 16.3. The molecule has 12 aromatic rings. The Balaban J connectivity index is 1.14. The van der Waals surface area contributed by atoms with Crippen LogP contribution in [-0.2, 0) is 0 Å². The standard InChI is InChI=1S/C54H30N2S2/c1-3-17-47-37(11-1)43-15-5-13-35(53(43)57-47)33-21-25-41-45(29-33)39-23-19-31-9-7-27-55-51(31)49(39)42-26-22-34(30-46(42)40-24-20-32-10-8-28-56-52(32)50(40)41)36-14-6-16-44-38-12-2-4-18-48(38)58-54(36)44/h1-30H. The Morgan fingerprint density at radius 3 is 1.26 bits per heavy atom. The molecule has 0 radical (unpaired) electrons. The molecule has 0 fully saturated rings. The molecule has 0 N–H and O–H groups in total. The molecule has 0 amide bonds. The van der Waals surface area contributed by atoms with E-state index in [1.54, 1.807) is 0 Å². The number of thiophene rings is 2. The second-order valence-electron chi connectivity index (χ2n) is 15.2. The first-order valence-electron chi connectivity index (χ1n) is 19.6. The Hall–Kier alpha value is -6.98. The monoisotopic (exact) mass is 770 g/mol. The highest BCUT2D eigenvalue weighted by Gasteiger charge is 2.27. The zero-order chi connectivity index (χ0) is 37.9. The number of pyridine rings is 2. The van der Waals surface area contributed by atoms with Gasteiger partial charge in [0.25, 0.3) is 0 Å². The minimum atomic E-state index is 1.01. The fraction of sp³-hybridized carbons (Fsp3) is 0. The lowest BCUT2D eigenvalue weighted by Gasteiger charge is -2.26. The van der Waals surface area contributed by atoms with Gasteiger partial charge in [0, 0.05) is 74.6 Å². The molecule has 0 saturated carbocycles. The molecule has 0 aliphatic heterocycles. The minimum Gasteiger partial charge on any atom is -0.256 e. The number of hydrogen-bond acceptors (Lipinski definition) is 4. The van der Waals surface area contributed by atoms with Crippen molar-refractivity contribution >= 4 is 84.8 Å². The van der Waals surface area contributed by atoms with Crippen molar-refractivity contribution in [2.24, 2.45) is 0 Å². The summed E-state index contributed by atoms with van der Waals surface area (Å²) < 4.78 is 5.25. The van der Waals surface area contributed by atoms with Crippen molar-refractivity contribution in [1.29, 1.82) is 0 Å². The van der Waals surface area contributed by atoms with Crippen molar-refractivity contribution in [3.8, 4) is 66.8 Å². The molecule has 1 aliphatic carbocycles. The van der Waals surface area contributed by atoms with Crippen molar-refractivity contribution in [3.63, 3.8) is 0 Å². The first-order valence-corrected chi connectivity index (χ1v) is 21.3. The van der Waals surface area contributed by atoms with Crippen LogP contribution in [0.3, 0.4) is 0 Å². The van der Waals surface area contributed by atoms with E-state index in [4.69, 9.17) is 9.97 Å². The van der Waals surface area contributed by atoms with Crippen LogP contribution < -0.4 is 0 Å². The van der Waals surface area contributed by atoms with Gasteiger partial charge in [-0.1, -0.05) is 133 Å². The van der Waals surface area contributed by atoms with E-state index in [1.807, 2.05) is 47.2 Å². The summed E-state index contributed by atoms with van der Waals surface area (Å²) in [7, 11) is 0. The van der Waals surface area contributed by atoms with E-state index >= 15 is 0 Å². The third kappa shape index (κ3) is 4.58. The summed E-state index contributed by atoms with van der Waals surface area (Å²) in [5, 5.41) is 7.48. The van der Waals surface area contributed by atoms with Crippen molar-refractivity contribution < 1.29 is 0 Å². The van der Waals surface area contributed by atoms with Crippen LogP contribution in [0.25, 0.3) is 129 Å². The first kappa shape index (κ1) is 32.1. The second kappa shape index (κ2) is 12.3. The van der Waals surface area contributed by atoms with Crippen molar-refractivity contribution in [1.82, 2.24) is 9.97 Å². The van der Waals surface area contributed by atoms with Gasteiger partial charge < -0.3 is 0 Å². The zero-order valence-corrected chi connectivity index (χ0v) is 32.7. The molecule has 0 saturated heterocycles. The average Bonchev–Trinajstić information content (AvgIpc) is 3.86. The van der Waals surface area contributed by atoms with E-state index in [2.05, 4.69) is 158 Å². The van der Waals surface area contributed by atoms with E-state index in [-0.39, 0.29) is 0 Å². The van der Waals surface area contributed by atoms with Gasteiger partial charge in [-0.2, -0.15) is 0 Å². The summed E-state index contributed by atoms with van der Waals surface area (Å²) in [6.45, 7) is 0. The number of benzene rings is 8. The minimum absolute atomic E-state index is 1.01. The lowest BCUT2D eigenvalue weighted by molar-refractivity contribution is 1.40. The Kier molecular flexibility index (Phi) is 6.79. The third-order valence-electron chi connectivity index (χ3n) is 12.1. The number of hydrogen-bond donors (Lipinski definition) is 0. The molecule has 0 unspecified atom stereocenters. The molecule has 4 heteroatoms. The normalized spacial score (nSPS) is 12.1. The number of nitrogens with zero attached hydrogens (tertiary/aromatic N) is 2. The third-order valence-corrected chi connectivity index (χ3v) is 14.6. The van der Waals surface area contributed by atoms with Crippen LogP contribution in [0.4, 0.5) is 0 Å². The highest BCUT2D eigenvalue weighted by atomic mass is 32.1. The fourth-order valence-corrected chi connectivity index (χ4v) is 12.0. The van der Waals surface area contributed by atoms with Crippen molar-refractivity contribution in [3.05, 3.63) is 182 Å². The van der Waals surface area contributed by atoms with Gasteiger partial charge in [0.2, 0.25) is 0 Å². The van der Waals surface area contributed by atoms with Gasteiger partial charge in [-0.25, -0.2) is 0 Å². The van der Waals surface area contributed by atoms with E-state index in [1.165, 1.54) is 96.0 Å². The van der Waals surface area contributed by atoms with Gasteiger partial charge in [0.15, 0.2) is 0 Å². The Bertz CT molecular complexity index is 3460. The van der Waals surface area contributed by atoms with E-state index in [0.29, 0.717) is 0 Å². The molecular weight excluding hydrogens is 741 g/mol. The van der Waals surface area contributed by atoms with E-state index < -0.39 is 0 Å². The van der Waals surface area contributed by atoms with Crippen molar-refractivity contribution in [2.75, 3.05) is 0 Å². The summed E-state index contributed by atoms with van der Waals surface area (Å²) in [6, 6.07) is 62.8. The van der Waals surface area contributed by atoms with Gasteiger partial charge in [-0.15, -0.1) is 22.7 Å². The highest BCUT2D eigenvalue weighted by Crippen LogP contribution is 2.53. The molecule has 4 heterocycles. The maximum atomic E-state index is 5.13. The zero-order valence-electron chi connectivity index (χ0n) is 31.0. The topological polar surface area (TPSA) is 25.8 Å². The first-order chi connectivity index (χ1) is 28.8. The molecule has 8 aromatic carbocycles. The van der Waals surface area contributed by atoms with Gasteiger partial charge in [0.1, 0.15) is 0 Å². The molecule has 13 rings (SSSR count). The summed E-state index contributed by atoms with van der Waals surface area (Å²) in [4.78, 5) is 10.3.